The van der Waals surface area contributed by atoms with Crippen LogP contribution in [0.4, 0.5) is 0 Å². The van der Waals surface area contributed by atoms with Crippen LogP contribution in [-0.2, 0) is 4.79 Å². The highest BCUT2D eigenvalue weighted by Gasteiger charge is 2.29. The van der Waals surface area contributed by atoms with Gasteiger partial charge in [0.1, 0.15) is 6.61 Å². The summed E-state index contributed by atoms with van der Waals surface area (Å²) in [7, 11) is 0. The highest BCUT2D eigenvalue weighted by atomic mass is 16.6. The predicted molar refractivity (Wildman–Crippen MR) is 121 cm³/mol. The van der Waals surface area contributed by atoms with E-state index in [0.717, 1.165) is 5.57 Å². The average Bonchev–Trinajstić information content (AvgIpc) is 2.77. The summed E-state index contributed by atoms with van der Waals surface area (Å²) >= 11 is 0. The quantitative estimate of drug-likeness (QED) is 0.227. The maximum Gasteiger partial charge on any atom is 0.336 e. The highest BCUT2D eigenvalue weighted by molar-refractivity contribution is 6.04. The number of fused-ring (bicyclic) bond motifs is 1. The van der Waals surface area contributed by atoms with Gasteiger partial charge in [0.05, 0.1) is 11.3 Å². The highest BCUT2D eigenvalue weighted by Crippen LogP contribution is 2.52. The van der Waals surface area contributed by atoms with Gasteiger partial charge in [0, 0.05) is 11.6 Å². The minimum Gasteiger partial charge on any atom is -0.504 e. The molecule has 2 aromatic carbocycles. The topological polar surface area (TPSA) is 106 Å². The summed E-state index contributed by atoms with van der Waals surface area (Å²) in [6.07, 6.45) is 2.27. The van der Waals surface area contributed by atoms with E-state index in [-0.39, 0.29) is 29.1 Å². The Morgan fingerprint density at radius 1 is 1.12 bits per heavy atom. The first-order valence-corrected chi connectivity index (χ1v) is 10.3. The predicted octanol–water partition coefficient (Wildman–Crippen LogP) is 5.17. The van der Waals surface area contributed by atoms with E-state index in [4.69, 9.17) is 13.9 Å². The molecule has 0 saturated heterocycles. The number of hydrogen-bond acceptors (Lipinski definition) is 7. The molecule has 2 N–H and O–H groups in total. The van der Waals surface area contributed by atoms with Crippen LogP contribution in [-0.4, -0.2) is 22.8 Å². The number of benzene rings is 2. The first-order chi connectivity index (χ1) is 15.2. The van der Waals surface area contributed by atoms with Crippen molar-refractivity contribution in [2.45, 2.75) is 34.1 Å². The number of carbonyl (C=O) groups excluding carboxylic acids is 1. The molecule has 0 spiro atoms. The molecular weight excluding hydrogens is 412 g/mol. The third-order valence-corrected chi connectivity index (χ3v) is 5.07. The second kappa shape index (κ2) is 9.60. The summed E-state index contributed by atoms with van der Waals surface area (Å²) in [5.74, 6) is -2.76. The Kier molecular flexibility index (Phi) is 6.88. The van der Waals surface area contributed by atoms with Crippen LogP contribution in [0.5, 0.6) is 23.0 Å². The lowest BCUT2D eigenvalue weighted by atomic mass is 10.00. The third-order valence-electron chi connectivity index (χ3n) is 5.07. The van der Waals surface area contributed by atoms with Crippen molar-refractivity contribution >= 4 is 16.9 Å². The van der Waals surface area contributed by atoms with Gasteiger partial charge in [-0.15, -0.1) is 0 Å². The smallest absolute Gasteiger partial charge is 0.336 e. The summed E-state index contributed by atoms with van der Waals surface area (Å²) < 4.78 is 16.4. The maximum atomic E-state index is 12.5. The van der Waals surface area contributed by atoms with Gasteiger partial charge in [-0.1, -0.05) is 49.8 Å². The molecule has 1 heterocycles. The fraction of sp³-hybridized carbons (Fsp3) is 0.280. The number of esters is 1. The van der Waals surface area contributed by atoms with Gasteiger partial charge in [0.25, 0.3) is 0 Å². The number of carbonyl (C=O) groups is 1. The zero-order chi connectivity index (χ0) is 23.4. The third kappa shape index (κ3) is 4.61. The van der Waals surface area contributed by atoms with Crippen LogP contribution >= 0.6 is 0 Å². The monoisotopic (exact) mass is 438 g/mol. The summed E-state index contributed by atoms with van der Waals surface area (Å²) in [5, 5.41) is 22.0. The molecule has 3 aromatic rings. The molecule has 3 rings (SSSR count). The summed E-state index contributed by atoms with van der Waals surface area (Å²) in [6, 6.07) is 10.1. The number of allylic oxidation sites excluding steroid dienone is 1. The first kappa shape index (κ1) is 22.9. The van der Waals surface area contributed by atoms with E-state index in [9.17, 15) is 19.8 Å². The van der Waals surface area contributed by atoms with Crippen LogP contribution in [0.3, 0.4) is 0 Å². The van der Waals surface area contributed by atoms with E-state index in [1.54, 1.807) is 37.3 Å². The van der Waals surface area contributed by atoms with Gasteiger partial charge in [-0.2, -0.15) is 0 Å². The van der Waals surface area contributed by atoms with Crippen LogP contribution in [0.2, 0.25) is 0 Å². The van der Waals surface area contributed by atoms with Crippen molar-refractivity contribution in [3.8, 4) is 34.1 Å². The second-order valence-corrected chi connectivity index (χ2v) is 7.73. The largest absolute Gasteiger partial charge is 0.504 e. The normalized spacial score (nSPS) is 11.8. The Morgan fingerprint density at radius 2 is 1.81 bits per heavy atom. The number of phenols is 2. The van der Waals surface area contributed by atoms with Crippen molar-refractivity contribution in [2.24, 2.45) is 5.92 Å². The summed E-state index contributed by atoms with van der Waals surface area (Å²) in [4.78, 5) is 24.9. The molecule has 0 aliphatic heterocycles. The van der Waals surface area contributed by atoms with Gasteiger partial charge in [0.2, 0.25) is 17.2 Å². The minimum absolute atomic E-state index is 0.0607. The van der Waals surface area contributed by atoms with Crippen molar-refractivity contribution in [3.05, 3.63) is 58.5 Å². The molecule has 0 aliphatic carbocycles. The van der Waals surface area contributed by atoms with Gasteiger partial charge in [-0.3, -0.25) is 4.79 Å². The summed E-state index contributed by atoms with van der Waals surface area (Å²) in [5.41, 5.74) is 0.985. The van der Waals surface area contributed by atoms with Gasteiger partial charge in [-0.05, 0) is 31.9 Å². The van der Waals surface area contributed by atoms with Crippen LogP contribution in [0.1, 0.15) is 34.1 Å². The molecule has 32 heavy (non-hydrogen) atoms. The zero-order valence-electron chi connectivity index (χ0n) is 18.5. The number of phenolic OH excluding ortho intramolecular Hbond substituents is 2. The molecule has 1 unspecified atom stereocenters. The standard InChI is InChI=1S/C25H26O7/c1-5-15(4)25(29)32-24-21(28)23(30-12-11-14(2)3)20(27)19-17(13-18(26)31-22(19)24)16-9-7-6-8-10-16/h6-11,13,15,27-28H,5,12H2,1-4H3. The molecule has 0 bridgehead atoms. The van der Waals surface area contributed by atoms with E-state index in [1.807, 2.05) is 26.8 Å². The van der Waals surface area contributed by atoms with E-state index in [1.165, 1.54) is 6.07 Å². The molecule has 0 amide bonds. The minimum atomic E-state index is -0.728. The van der Waals surface area contributed by atoms with Crippen molar-refractivity contribution < 1.29 is 28.9 Å². The number of rotatable bonds is 7. The lowest BCUT2D eigenvalue weighted by molar-refractivity contribution is -0.138. The Labute approximate surface area is 185 Å². The van der Waals surface area contributed by atoms with Crippen molar-refractivity contribution in [1.82, 2.24) is 0 Å². The zero-order valence-corrected chi connectivity index (χ0v) is 18.5. The molecule has 0 radical (unpaired) electrons. The van der Waals surface area contributed by atoms with E-state index < -0.39 is 29.0 Å². The van der Waals surface area contributed by atoms with E-state index in [0.29, 0.717) is 17.5 Å². The van der Waals surface area contributed by atoms with Crippen LogP contribution in [0.15, 0.2) is 57.3 Å². The van der Waals surface area contributed by atoms with Gasteiger partial charge in [-0.25, -0.2) is 4.79 Å². The van der Waals surface area contributed by atoms with Gasteiger partial charge in [0.15, 0.2) is 11.3 Å². The van der Waals surface area contributed by atoms with Crippen molar-refractivity contribution in [2.75, 3.05) is 6.61 Å². The molecule has 1 aromatic heterocycles. The fourth-order valence-electron chi connectivity index (χ4n) is 3.06. The molecule has 7 nitrogen and oxygen atoms in total. The van der Waals surface area contributed by atoms with Crippen LogP contribution in [0.25, 0.3) is 22.1 Å². The van der Waals surface area contributed by atoms with E-state index in [2.05, 4.69) is 0 Å². The Bertz CT molecular complexity index is 1220. The van der Waals surface area contributed by atoms with Gasteiger partial charge < -0.3 is 24.1 Å². The lowest BCUT2D eigenvalue weighted by Gasteiger charge is -2.17. The summed E-state index contributed by atoms with van der Waals surface area (Å²) in [6.45, 7) is 7.32. The number of aromatic hydroxyl groups is 2. The van der Waals surface area contributed by atoms with E-state index >= 15 is 0 Å². The molecular formula is C25H26O7. The second-order valence-electron chi connectivity index (χ2n) is 7.73. The molecule has 168 valence electrons. The van der Waals surface area contributed by atoms with Gasteiger partial charge >= 0.3 is 11.6 Å². The maximum absolute atomic E-state index is 12.5. The number of ether oxygens (including phenoxy) is 2. The van der Waals surface area contributed by atoms with Crippen LogP contribution in [0, 0.1) is 5.92 Å². The SMILES string of the molecule is CCC(C)C(=O)Oc1c(O)c(OCC=C(C)C)c(O)c2c(-c3ccccc3)cc(=O)oc12. The average molecular weight is 438 g/mol. The Hall–Kier alpha value is -3.74. The Morgan fingerprint density at radius 3 is 2.44 bits per heavy atom. The fourth-order valence-corrected chi connectivity index (χ4v) is 3.06. The van der Waals surface area contributed by atoms with Crippen molar-refractivity contribution in [1.29, 1.82) is 0 Å². The molecule has 7 heteroatoms. The van der Waals surface area contributed by atoms with Crippen molar-refractivity contribution in [3.63, 3.8) is 0 Å². The molecule has 0 fully saturated rings. The Balaban J connectivity index is 2.34. The molecule has 1 atom stereocenters. The molecule has 0 aliphatic rings. The molecule has 0 saturated carbocycles. The van der Waals surface area contributed by atoms with Crippen LogP contribution < -0.4 is 15.1 Å². The first-order valence-electron chi connectivity index (χ1n) is 10.3. The lowest BCUT2D eigenvalue weighted by Crippen LogP contribution is -2.17. The number of hydrogen-bond donors (Lipinski definition) is 2.